The lowest BCUT2D eigenvalue weighted by atomic mass is 9.96. The van der Waals surface area contributed by atoms with Crippen molar-refractivity contribution < 1.29 is 13.2 Å². The first kappa shape index (κ1) is 16.2. The fourth-order valence-corrected chi connectivity index (χ4v) is 6.43. The van der Waals surface area contributed by atoms with Crippen LogP contribution in [-0.4, -0.2) is 56.4 Å². The van der Waals surface area contributed by atoms with Gasteiger partial charge < -0.3 is 10.2 Å². The first-order valence-corrected chi connectivity index (χ1v) is 10.5. The molecule has 2 heterocycles. The van der Waals surface area contributed by atoms with Gasteiger partial charge in [0.1, 0.15) is 0 Å². The third-order valence-electron chi connectivity index (χ3n) is 5.79. The second-order valence-corrected chi connectivity index (χ2v) is 9.52. The highest BCUT2D eigenvalue weighted by Gasteiger charge is 2.41. The number of fused-ring (bicyclic) bond motifs is 1. The number of likely N-dealkylation sites (N-methyl/N-ethyl adjacent to an activating group) is 1. The minimum Gasteiger partial charge on any atom is -0.338 e. The zero-order valence-corrected chi connectivity index (χ0v) is 14.3. The fourth-order valence-electron chi connectivity index (χ4n) is 4.67. The highest BCUT2D eigenvalue weighted by Crippen LogP contribution is 2.37. The molecule has 3 rings (SSSR count). The molecule has 4 atom stereocenters. The quantitative estimate of drug-likeness (QED) is 0.845. The first-order valence-electron chi connectivity index (χ1n) is 8.68. The molecule has 126 valence electrons. The zero-order valence-electron chi connectivity index (χ0n) is 13.5. The van der Waals surface area contributed by atoms with E-state index in [1.165, 1.54) is 12.8 Å². The van der Waals surface area contributed by atoms with Crippen LogP contribution in [-0.2, 0) is 14.6 Å². The summed E-state index contributed by atoms with van der Waals surface area (Å²) in [4.78, 5) is 14.9. The van der Waals surface area contributed by atoms with Crippen molar-refractivity contribution in [3.8, 4) is 0 Å². The van der Waals surface area contributed by atoms with Crippen LogP contribution < -0.4 is 5.32 Å². The molecule has 0 aromatic carbocycles. The molecule has 5 nitrogen and oxygen atoms in total. The normalized spacial score (nSPS) is 38.6. The lowest BCUT2D eigenvalue weighted by molar-refractivity contribution is -0.136. The molecule has 0 aromatic rings. The number of sulfone groups is 1. The van der Waals surface area contributed by atoms with Gasteiger partial charge >= 0.3 is 0 Å². The average molecular weight is 328 g/mol. The van der Waals surface area contributed by atoms with Gasteiger partial charge in [-0.3, -0.25) is 4.79 Å². The van der Waals surface area contributed by atoms with Crippen LogP contribution in [0.2, 0.25) is 0 Å². The summed E-state index contributed by atoms with van der Waals surface area (Å²) in [5.41, 5.74) is 0. The van der Waals surface area contributed by atoms with Crippen molar-refractivity contribution >= 4 is 15.7 Å². The molecule has 1 saturated carbocycles. The van der Waals surface area contributed by atoms with Gasteiger partial charge in [-0.25, -0.2) is 8.42 Å². The number of hydrogen-bond acceptors (Lipinski definition) is 4. The third-order valence-corrected chi connectivity index (χ3v) is 7.68. The lowest BCUT2D eigenvalue weighted by Gasteiger charge is -2.36. The van der Waals surface area contributed by atoms with Crippen LogP contribution in [0.1, 0.15) is 44.9 Å². The molecule has 4 unspecified atom stereocenters. The van der Waals surface area contributed by atoms with Gasteiger partial charge in [0.25, 0.3) is 0 Å². The van der Waals surface area contributed by atoms with E-state index >= 15 is 0 Å². The predicted octanol–water partition coefficient (Wildman–Crippen LogP) is 1.19. The van der Waals surface area contributed by atoms with Crippen LogP contribution in [0.3, 0.4) is 0 Å². The predicted molar refractivity (Wildman–Crippen MR) is 86.3 cm³/mol. The molecule has 1 N–H and O–H groups in total. The van der Waals surface area contributed by atoms with Crippen LogP contribution in [0.25, 0.3) is 0 Å². The maximum atomic E-state index is 12.9. The molecule has 0 aromatic heterocycles. The SMILES string of the molecule is CNC1CCC2CCCC2N(CC2CCCS(=O)(=O)C2)C1=O. The Bertz CT molecular complexity index is 519. The topological polar surface area (TPSA) is 66.5 Å². The van der Waals surface area contributed by atoms with E-state index in [1.807, 2.05) is 7.05 Å². The summed E-state index contributed by atoms with van der Waals surface area (Å²) < 4.78 is 23.8. The van der Waals surface area contributed by atoms with Crippen LogP contribution in [0.4, 0.5) is 0 Å². The monoisotopic (exact) mass is 328 g/mol. The number of amides is 1. The second-order valence-electron chi connectivity index (χ2n) is 7.29. The van der Waals surface area contributed by atoms with E-state index in [0.29, 0.717) is 24.3 Å². The van der Waals surface area contributed by atoms with Gasteiger partial charge in [0.15, 0.2) is 9.84 Å². The van der Waals surface area contributed by atoms with Crippen LogP contribution >= 0.6 is 0 Å². The molecule has 6 heteroatoms. The van der Waals surface area contributed by atoms with E-state index in [1.54, 1.807) is 0 Å². The minimum absolute atomic E-state index is 0.0919. The number of nitrogens with one attached hydrogen (secondary N) is 1. The molecular formula is C16H28N2O3S. The Balaban J connectivity index is 1.76. The number of carbonyl (C=O) groups excluding carboxylic acids is 1. The molecule has 1 amide bonds. The molecular weight excluding hydrogens is 300 g/mol. The van der Waals surface area contributed by atoms with E-state index in [2.05, 4.69) is 10.2 Å². The number of nitrogens with zero attached hydrogens (tertiary/aromatic N) is 1. The molecule has 2 aliphatic heterocycles. The molecule has 2 saturated heterocycles. The van der Waals surface area contributed by atoms with Crippen LogP contribution in [0.5, 0.6) is 0 Å². The van der Waals surface area contributed by atoms with E-state index in [-0.39, 0.29) is 23.6 Å². The maximum absolute atomic E-state index is 12.9. The molecule has 0 spiro atoms. The van der Waals surface area contributed by atoms with Gasteiger partial charge in [-0.2, -0.15) is 0 Å². The second kappa shape index (κ2) is 6.48. The molecule has 0 radical (unpaired) electrons. The minimum atomic E-state index is -2.90. The van der Waals surface area contributed by atoms with Crippen LogP contribution in [0, 0.1) is 11.8 Å². The summed E-state index contributed by atoms with van der Waals surface area (Å²) in [7, 11) is -1.05. The van der Waals surface area contributed by atoms with E-state index < -0.39 is 9.84 Å². The summed E-state index contributed by atoms with van der Waals surface area (Å²) in [5.74, 6) is 1.52. The standard InChI is InChI=1S/C16H28N2O3S/c1-17-14-8-7-13-5-2-6-15(13)18(16(14)19)10-12-4-3-9-22(20,21)11-12/h12-15,17H,2-11H2,1H3. The smallest absolute Gasteiger partial charge is 0.239 e. The number of carbonyl (C=O) groups is 1. The summed E-state index contributed by atoms with van der Waals surface area (Å²) in [6.45, 7) is 0.636. The van der Waals surface area contributed by atoms with Crippen molar-refractivity contribution in [3.63, 3.8) is 0 Å². The first-order chi connectivity index (χ1) is 10.5. The Hall–Kier alpha value is -0.620. The highest BCUT2D eigenvalue weighted by atomic mass is 32.2. The van der Waals surface area contributed by atoms with Crippen molar-refractivity contribution in [3.05, 3.63) is 0 Å². The van der Waals surface area contributed by atoms with Crippen molar-refractivity contribution in [1.29, 1.82) is 0 Å². The van der Waals surface area contributed by atoms with Gasteiger partial charge in [-0.15, -0.1) is 0 Å². The Morgan fingerprint density at radius 3 is 2.68 bits per heavy atom. The average Bonchev–Trinajstić information content (AvgIpc) is 2.88. The Labute approximate surface area is 133 Å². The zero-order chi connectivity index (χ0) is 15.7. The third kappa shape index (κ3) is 3.32. The molecule has 3 aliphatic rings. The van der Waals surface area contributed by atoms with Gasteiger partial charge in [-0.05, 0) is 57.4 Å². The lowest BCUT2D eigenvalue weighted by Crippen LogP contribution is -2.51. The van der Waals surface area contributed by atoms with Gasteiger partial charge in [0.05, 0.1) is 17.5 Å². The van der Waals surface area contributed by atoms with E-state index in [4.69, 9.17) is 0 Å². The Morgan fingerprint density at radius 1 is 1.14 bits per heavy atom. The van der Waals surface area contributed by atoms with Gasteiger partial charge in [0.2, 0.25) is 5.91 Å². The molecule has 0 bridgehead atoms. The molecule has 1 aliphatic carbocycles. The van der Waals surface area contributed by atoms with Crippen molar-refractivity contribution in [2.24, 2.45) is 11.8 Å². The summed E-state index contributed by atoms with van der Waals surface area (Å²) >= 11 is 0. The molecule has 3 fully saturated rings. The summed E-state index contributed by atoms with van der Waals surface area (Å²) in [6, 6.07) is 0.251. The number of hydrogen-bond donors (Lipinski definition) is 1. The van der Waals surface area contributed by atoms with Crippen LogP contribution in [0.15, 0.2) is 0 Å². The van der Waals surface area contributed by atoms with Crippen molar-refractivity contribution in [1.82, 2.24) is 10.2 Å². The van der Waals surface area contributed by atoms with Gasteiger partial charge in [-0.1, -0.05) is 6.42 Å². The van der Waals surface area contributed by atoms with E-state index in [9.17, 15) is 13.2 Å². The summed E-state index contributed by atoms with van der Waals surface area (Å²) in [6.07, 6.45) is 7.22. The van der Waals surface area contributed by atoms with Gasteiger partial charge in [0, 0.05) is 12.6 Å². The number of likely N-dealkylation sites (tertiary alicyclic amines) is 1. The Morgan fingerprint density at radius 2 is 1.95 bits per heavy atom. The Kier molecular flexibility index (Phi) is 4.78. The summed E-state index contributed by atoms with van der Waals surface area (Å²) in [5, 5.41) is 3.16. The van der Waals surface area contributed by atoms with Crippen molar-refractivity contribution in [2.75, 3.05) is 25.1 Å². The maximum Gasteiger partial charge on any atom is 0.239 e. The van der Waals surface area contributed by atoms with Crippen molar-refractivity contribution in [2.45, 2.75) is 57.0 Å². The van der Waals surface area contributed by atoms with E-state index in [0.717, 1.165) is 32.1 Å². The largest absolute Gasteiger partial charge is 0.338 e. The highest BCUT2D eigenvalue weighted by molar-refractivity contribution is 7.91. The fraction of sp³-hybridized carbons (Fsp3) is 0.938. The number of rotatable bonds is 3. The molecule has 22 heavy (non-hydrogen) atoms.